The van der Waals surface area contributed by atoms with Gasteiger partial charge in [-0.2, -0.15) is 4.98 Å². The van der Waals surface area contributed by atoms with E-state index in [1.807, 2.05) is 18.2 Å². The Morgan fingerprint density at radius 2 is 2.05 bits per heavy atom. The molecule has 1 fully saturated rings. The van der Waals surface area contributed by atoms with Crippen LogP contribution in [0.5, 0.6) is 11.5 Å². The monoisotopic (exact) mass is 303 g/mol. The van der Waals surface area contributed by atoms with Gasteiger partial charge in [-0.25, -0.2) is 0 Å². The molecular formula is C16H21N3O3. The van der Waals surface area contributed by atoms with Gasteiger partial charge in [0.1, 0.15) is 0 Å². The molecule has 0 aliphatic carbocycles. The van der Waals surface area contributed by atoms with Crippen molar-refractivity contribution in [3.8, 4) is 22.9 Å². The Balaban J connectivity index is 1.84. The molecule has 1 aromatic heterocycles. The van der Waals surface area contributed by atoms with Gasteiger partial charge in [0, 0.05) is 5.56 Å². The van der Waals surface area contributed by atoms with Gasteiger partial charge in [-0.05, 0) is 43.5 Å². The van der Waals surface area contributed by atoms with E-state index in [0.717, 1.165) is 18.5 Å². The first-order chi connectivity index (χ1) is 10.7. The number of nitrogens with zero attached hydrogens (tertiary/aromatic N) is 2. The molecule has 2 aromatic rings. The quantitative estimate of drug-likeness (QED) is 0.936. The third-order valence-electron chi connectivity index (χ3n) is 4.05. The lowest BCUT2D eigenvalue weighted by atomic mass is 9.94. The number of methoxy groups -OCH3 is 2. The molecule has 0 bridgehead atoms. The number of benzene rings is 1. The number of piperidine rings is 1. The normalized spacial score (nSPS) is 21.6. The van der Waals surface area contributed by atoms with Gasteiger partial charge in [-0.1, -0.05) is 12.1 Å². The van der Waals surface area contributed by atoms with E-state index >= 15 is 0 Å². The van der Waals surface area contributed by atoms with Gasteiger partial charge in [0.05, 0.1) is 20.3 Å². The maximum Gasteiger partial charge on any atom is 0.244 e. The molecular weight excluding hydrogens is 282 g/mol. The first-order valence-corrected chi connectivity index (χ1v) is 7.50. The van der Waals surface area contributed by atoms with Gasteiger partial charge in [0.2, 0.25) is 11.7 Å². The summed E-state index contributed by atoms with van der Waals surface area (Å²) < 4.78 is 16.0. The summed E-state index contributed by atoms with van der Waals surface area (Å²) in [6.45, 7) is 3.24. The van der Waals surface area contributed by atoms with Crippen LogP contribution in [0, 0.1) is 5.92 Å². The van der Waals surface area contributed by atoms with Crippen LogP contribution in [0.2, 0.25) is 0 Å². The van der Waals surface area contributed by atoms with Crippen molar-refractivity contribution in [2.45, 2.75) is 25.8 Å². The van der Waals surface area contributed by atoms with Gasteiger partial charge < -0.3 is 19.3 Å². The van der Waals surface area contributed by atoms with Gasteiger partial charge in [-0.15, -0.1) is 0 Å². The predicted molar refractivity (Wildman–Crippen MR) is 82.0 cm³/mol. The molecule has 2 unspecified atom stereocenters. The van der Waals surface area contributed by atoms with E-state index in [9.17, 15) is 0 Å². The molecule has 0 saturated carbocycles. The van der Waals surface area contributed by atoms with Gasteiger partial charge in [0.15, 0.2) is 11.5 Å². The topological polar surface area (TPSA) is 69.4 Å². The van der Waals surface area contributed by atoms with E-state index in [-0.39, 0.29) is 6.04 Å². The van der Waals surface area contributed by atoms with E-state index in [0.29, 0.717) is 29.1 Å². The number of hydrogen-bond acceptors (Lipinski definition) is 6. The largest absolute Gasteiger partial charge is 0.493 e. The Morgan fingerprint density at radius 1 is 1.23 bits per heavy atom. The van der Waals surface area contributed by atoms with Crippen molar-refractivity contribution >= 4 is 0 Å². The minimum Gasteiger partial charge on any atom is -0.493 e. The number of ether oxygens (including phenoxy) is 2. The standard InChI is InChI=1S/C16H21N3O3/c1-10-6-7-17-12(8-10)16-18-15(19-22-16)11-4-5-13(20-2)14(9-11)21-3/h4-5,9-10,12,17H,6-8H2,1-3H3. The first kappa shape index (κ1) is 14.8. The highest BCUT2D eigenvalue weighted by Crippen LogP contribution is 2.32. The van der Waals surface area contributed by atoms with Crippen molar-refractivity contribution in [2.75, 3.05) is 20.8 Å². The van der Waals surface area contributed by atoms with Crippen LogP contribution in [-0.2, 0) is 0 Å². The van der Waals surface area contributed by atoms with Gasteiger partial charge in [0.25, 0.3) is 0 Å². The number of nitrogens with one attached hydrogen (secondary N) is 1. The zero-order chi connectivity index (χ0) is 15.5. The van der Waals surface area contributed by atoms with Gasteiger partial charge in [-0.3, -0.25) is 0 Å². The van der Waals surface area contributed by atoms with Crippen LogP contribution in [0.15, 0.2) is 22.7 Å². The highest BCUT2D eigenvalue weighted by atomic mass is 16.5. The average molecular weight is 303 g/mol. The number of rotatable bonds is 4. The zero-order valence-electron chi connectivity index (χ0n) is 13.1. The van der Waals surface area contributed by atoms with Crippen LogP contribution < -0.4 is 14.8 Å². The summed E-state index contributed by atoms with van der Waals surface area (Å²) >= 11 is 0. The highest BCUT2D eigenvalue weighted by molar-refractivity contribution is 5.60. The molecule has 6 heteroatoms. The van der Waals surface area contributed by atoms with Gasteiger partial charge >= 0.3 is 0 Å². The van der Waals surface area contributed by atoms with Crippen molar-refractivity contribution in [3.05, 3.63) is 24.1 Å². The van der Waals surface area contributed by atoms with E-state index in [2.05, 4.69) is 22.4 Å². The van der Waals surface area contributed by atoms with Crippen molar-refractivity contribution in [2.24, 2.45) is 5.92 Å². The molecule has 6 nitrogen and oxygen atoms in total. The second-order valence-corrected chi connectivity index (χ2v) is 5.66. The summed E-state index contributed by atoms with van der Waals surface area (Å²) in [7, 11) is 3.22. The van der Waals surface area contributed by atoms with E-state index in [4.69, 9.17) is 14.0 Å². The van der Waals surface area contributed by atoms with Crippen molar-refractivity contribution in [1.29, 1.82) is 0 Å². The molecule has 1 aliphatic rings. The summed E-state index contributed by atoms with van der Waals surface area (Å²) in [6, 6.07) is 5.73. The molecule has 2 heterocycles. The Labute approximate surface area is 129 Å². The van der Waals surface area contributed by atoms with Crippen LogP contribution >= 0.6 is 0 Å². The highest BCUT2D eigenvalue weighted by Gasteiger charge is 2.25. The molecule has 0 radical (unpaired) electrons. The number of aromatic nitrogens is 2. The van der Waals surface area contributed by atoms with Crippen LogP contribution in [-0.4, -0.2) is 30.9 Å². The Kier molecular flexibility index (Phi) is 4.29. The molecule has 0 amide bonds. The maximum atomic E-state index is 5.44. The summed E-state index contributed by atoms with van der Waals surface area (Å²) in [5.74, 6) is 3.21. The van der Waals surface area contributed by atoms with Crippen LogP contribution in [0.1, 0.15) is 31.7 Å². The Morgan fingerprint density at radius 3 is 2.77 bits per heavy atom. The third-order valence-corrected chi connectivity index (χ3v) is 4.05. The summed E-state index contributed by atoms with van der Waals surface area (Å²) in [4.78, 5) is 4.53. The Bertz CT molecular complexity index is 641. The minimum atomic E-state index is 0.144. The molecule has 0 spiro atoms. The lowest BCUT2D eigenvalue weighted by molar-refractivity contribution is 0.260. The fraction of sp³-hybridized carbons (Fsp3) is 0.500. The van der Waals surface area contributed by atoms with E-state index in [1.165, 1.54) is 6.42 Å². The van der Waals surface area contributed by atoms with Crippen LogP contribution in [0.3, 0.4) is 0 Å². The van der Waals surface area contributed by atoms with Crippen molar-refractivity contribution in [3.63, 3.8) is 0 Å². The maximum absolute atomic E-state index is 5.44. The summed E-state index contributed by atoms with van der Waals surface area (Å²) in [5, 5.41) is 7.53. The third kappa shape index (κ3) is 2.92. The van der Waals surface area contributed by atoms with Crippen molar-refractivity contribution in [1.82, 2.24) is 15.5 Å². The lowest BCUT2D eigenvalue weighted by Crippen LogP contribution is -2.30. The van der Waals surface area contributed by atoms with E-state index < -0.39 is 0 Å². The molecule has 1 saturated heterocycles. The summed E-state index contributed by atoms with van der Waals surface area (Å²) in [5.41, 5.74) is 0.844. The lowest BCUT2D eigenvalue weighted by Gasteiger charge is -2.25. The average Bonchev–Trinajstić information content (AvgIpc) is 3.04. The molecule has 3 rings (SSSR count). The Hall–Kier alpha value is -2.08. The second kappa shape index (κ2) is 6.36. The first-order valence-electron chi connectivity index (χ1n) is 7.50. The zero-order valence-corrected chi connectivity index (χ0v) is 13.1. The second-order valence-electron chi connectivity index (χ2n) is 5.66. The fourth-order valence-electron chi connectivity index (χ4n) is 2.76. The van der Waals surface area contributed by atoms with Crippen LogP contribution in [0.25, 0.3) is 11.4 Å². The molecule has 22 heavy (non-hydrogen) atoms. The van der Waals surface area contributed by atoms with Crippen molar-refractivity contribution < 1.29 is 14.0 Å². The summed E-state index contributed by atoms with van der Waals surface area (Å²) in [6.07, 6.45) is 2.21. The predicted octanol–water partition coefficient (Wildman–Crippen LogP) is 2.81. The molecule has 1 aromatic carbocycles. The smallest absolute Gasteiger partial charge is 0.244 e. The molecule has 1 aliphatic heterocycles. The SMILES string of the molecule is COc1ccc(-c2noc(C3CC(C)CCN3)n2)cc1OC. The van der Waals surface area contributed by atoms with E-state index in [1.54, 1.807) is 14.2 Å². The molecule has 1 N–H and O–H groups in total. The molecule has 118 valence electrons. The fourth-order valence-corrected chi connectivity index (χ4v) is 2.76. The molecule has 2 atom stereocenters. The number of hydrogen-bond donors (Lipinski definition) is 1. The van der Waals surface area contributed by atoms with Crippen LogP contribution in [0.4, 0.5) is 0 Å². The minimum absolute atomic E-state index is 0.144.